The highest BCUT2D eigenvalue weighted by atomic mass is 19.1. The zero-order valence-electron chi connectivity index (χ0n) is 7.76. The van der Waals surface area contributed by atoms with Crippen molar-refractivity contribution in [2.45, 2.75) is 12.8 Å². The monoisotopic (exact) mass is 201 g/mol. The Hall–Kier alpha value is -1.16. The van der Waals surface area contributed by atoms with E-state index in [1.807, 2.05) is 0 Å². The number of benzene rings is 1. The molecular formula is C10H13F2NO. The Balaban J connectivity index is 2.49. The molecule has 0 bridgehead atoms. The fourth-order valence-electron chi connectivity index (χ4n) is 1.12. The predicted octanol–water partition coefficient (Wildman–Crippen LogP) is 2.15. The Labute approximate surface area is 81.6 Å². The largest absolute Gasteiger partial charge is 0.396 e. The summed E-state index contributed by atoms with van der Waals surface area (Å²) in [6, 6.07) is 3.73. The lowest BCUT2D eigenvalue weighted by molar-refractivity contribution is 0.286. The van der Waals surface area contributed by atoms with Crippen LogP contribution in [0.3, 0.4) is 0 Å². The quantitative estimate of drug-likeness (QED) is 0.715. The van der Waals surface area contributed by atoms with Crippen LogP contribution in [0.1, 0.15) is 12.8 Å². The number of rotatable bonds is 5. The molecule has 0 radical (unpaired) electrons. The second-order valence-corrected chi connectivity index (χ2v) is 2.95. The van der Waals surface area contributed by atoms with Crippen LogP contribution in [0.4, 0.5) is 14.5 Å². The van der Waals surface area contributed by atoms with Gasteiger partial charge in [-0.25, -0.2) is 8.78 Å². The van der Waals surface area contributed by atoms with Crippen molar-refractivity contribution < 1.29 is 13.9 Å². The van der Waals surface area contributed by atoms with Gasteiger partial charge in [-0.05, 0) is 25.0 Å². The van der Waals surface area contributed by atoms with Crippen LogP contribution in [0.25, 0.3) is 0 Å². The summed E-state index contributed by atoms with van der Waals surface area (Å²) < 4.78 is 26.0. The molecule has 0 atom stereocenters. The average Bonchev–Trinajstić information content (AvgIpc) is 2.16. The number of hydrogen-bond acceptors (Lipinski definition) is 2. The maximum absolute atomic E-state index is 13.0. The molecule has 0 spiro atoms. The summed E-state index contributed by atoms with van der Waals surface area (Å²) in [4.78, 5) is 0. The van der Waals surface area contributed by atoms with Gasteiger partial charge in [0.05, 0.1) is 0 Å². The normalized spacial score (nSPS) is 10.2. The Morgan fingerprint density at radius 3 is 2.36 bits per heavy atom. The molecule has 2 nitrogen and oxygen atoms in total. The van der Waals surface area contributed by atoms with Crippen LogP contribution < -0.4 is 5.32 Å². The average molecular weight is 201 g/mol. The first-order valence-electron chi connectivity index (χ1n) is 4.54. The van der Waals surface area contributed by atoms with Gasteiger partial charge >= 0.3 is 0 Å². The summed E-state index contributed by atoms with van der Waals surface area (Å²) >= 11 is 0. The SMILES string of the molecule is OCCCCNc1c(F)cccc1F. The molecule has 0 saturated heterocycles. The van der Waals surface area contributed by atoms with Gasteiger partial charge in [0.1, 0.15) is 17.3 Å². The number of halogens is 2. The van der Waals surface area contributed by atoms with Crippen molar-refractivity contribution in [2.75, 3.05) is 18.5 Å². The summed E-state index contributed by atoms with van der Waals surface area (Å²) in [6.45, 7) is 0.555. The number of para-hydroxylation sites is 1. The summed E-state index contributed by atoms with van der Waals surface area (Å²) in [7, 11) is 0. The molecule has 0 fully saturated rings. The first-order valence-corrected chi connectivity index (χ1v) is 4.54. The molecule has 1 aromatic rings. The molecule has 2 N–H and O–H groups in total. The Morgan fingerprint density at radius 2 is 1.79 bits per heavy atom. The van der Waals surface area contributed by atoms with E-state index in [1.54, 1.807) is 0 Å². The minimum absolute atomic E-state index is 0.0922. The summed E-state index contributed by atoms with van der Waals surface area (Å²) in [5, 5.41) is 11.2. The first-order chi connectivity index (χ1) is 6.75. The minimum atomic E-state index is -0.589. The zero-order chi connectivity index (χ0) is 10.4. The Morgan fingerprint density at radius 1 is 1.14 bits per heavy atom. The van der Waals surface area contributed by atoms with Crippen molar-refractivity contribution in [3.63, 3.8) is 0 Å². The van der Waals surface area contributed by atoms with Gasteiger partial charge < -0.3 is 10.4 Å². The van der Waals surface area contributed by atoms with E-state index in [0.717, 1.165) is 0 Å². The third-order valence-electron chi connectivity index (χ3n) is 1.85. The molecule has 0 aromatic heterocycles. The molecule has 4 heteroatoms. The van der Waals surface area contributed by atoms with Gasteiger partial charge in [0.2, 0.25) is 0 Å². The number of anilines is 1. The molecule has 0 aliphatic carbocycles. The molecule has 1 rings (SSSR count). The number of unbranched alkanes of at least 4 members (excludes halogenated alkanes) is 1. The zero-order valence-corrected chi connectivity index (χ0v) is 7.76. The lowest BCUT2D eigenvalue weighted by Gasteiger charge is -2.07. The molecule has 0 aliphatic heterocycles. The van der Waals surface area contributed by atoms with E-state index in [4.69, 9.17) is 5.11 Å². The molecule has 1 aromatic carbocycles. The lowest BCUT2D eigenvalue weighted by atomic mass is 10.2. The molecule has 0 unspecified atom stereocenters. The molecule has 0 heterocycles. The molecular weight excluding hydrogens is 188 g/mol. The fraction of sp³-hybridized carbons (Fsp3) is 0.400. The van der Waals surface area contributed by atoms with E-state index in [1.165, 1.54) is 18.2 Å². The van der Waals surface area contributed by atoms with E-state index in [0.29, 0.717) is 19.4 Å². The van der Waals surface area contributed by atoms with Gasteiger partial charge in [0.15, 0.2) is 0 Å². The summed E-state index contributed by atoms with van der Waals surface area (Å²) in [5.41, 5.74) is -0.0922. The van der Waals surface area contributed by atoms with Gasteiger partial charge in [-0.1, -0.05) is 6.07 Å². The van der Waals surface area contributed by atoms with Crippen molar-refractivity contribution in [2.24, 2.45) is 0 Å². The highest BCUT2D eigenvalue weighted by Crippen LogP contribution is 2.17. The van der Waals surface area contributed by atoms with Crippen molar-refractivity contribution in [3.05, 3.63) is 29.8 Å². The smallest absolute Gasteiger partial charge is 0.149 e. The van der Waals surface area contributed by atoms with Gasteiger partial charge in [-0.15, -0.1) is 0 Å². The van der Waals surface area contributed by atoms with Crippen molar-refractivity contribution >= 4 is 5.69 Å². The van der Waals surface area contributed by atoms with Crippen LogP contribution in [0.15, 0.2) is 18.2 Å². The third kappa shape index (κ3) is 2.96. The van der Waals surface area contributed by atoms with Crippen molar-refractivity contribution in [1.29, 1.82) is 0 Å². The van der Waals surface area contributed by atoms with E-state index in [2.05, 4.69) is 5.32 Å². The number of aliphatic hydroxyl groups excluding tert-OH is 1. The van der Waals surface area contributed by atoms with E-state index in [9.17, 15) is 8.78 Å². The topological polar surface area (TPSA) is 32.3 Å². The van der Waals surface area contributed by atoms with Crippen LogP contribution in [0.5, 0.6) is 0 Å². The molecule has 0 saturated carbocycles. The molecule has 78 valence electrons. The van der Waals surface area contributed by atoms with Gasteiger partial charge in [0, 0.05) is 13.2 Å². The Kier molecular flexibility index (Phi) is 4.32. The number of aliphatic hydroxyl groups is 1. The lowest BCUT2D eigenvalue weighted by Crippen LogP contribution is -2.06. The van der Waals surface area contributed by atoms with Gasteiger partial charge in [0.25, 0.3) is 0 Å². The Bertz CT molecular complexity index is 271. The van der Waals surface area contributed by atoms with E-state index >= 15 is 0 Å². The predicted molar refractivity (Wildman–Crippen MR) is 51.2 cm³/mol. The number of hydrogen-bond donors (Lipinski definition) is 2. The second kappa shape index (κ2) is 5.54. The van der Waals surface area contributed by atoms with E-state index < -0.39 is 11.6 Å². The van der Waals surface area contributed by atoms with Crippen LogP contribution >= 0.6 is 0 Å². The third-order valence-corrected chi connectivity index (χ3v) is 1.85. The molecule has 0 aliphatic rings. The van der Waals surface area contributed by atoms with Crippen LogP contribution in [0, 0.1) is 11.6 Å². The van der Waals surface area contributed by atoms with Crippen LogP contribution in [0.2, 0.25) is 0 Å². The standard InChI is InChI=1S/C10H13F2NO/c11-8-4-3-5-9(12)10(8)13-6-1-2-7-14/h3-5,13-14H,1-2,6-7H2. The molecule has 14 heavy (non-hydrogen) atoms. The summed E-state index contributed by atoms with van der Waals surface area (Å²) in [5.74, 6) is -1.18. The highest BCUT2D eigenvalue weighted by molar-refractivity contribution is 5.45. The van der Waals surface area contributed by atoms with Crippen LogP contribution in [-0.4, -0.2) is 18.3 Å². The highest BCUT2D eigenvalue weighted by Gasteiger charge is 2.06. The first kappa shape index (κ1) is 10.9. The van der Waals surface area contributed by atoms with Crippen molar-refractivity contribution in [3.8, 4) is 0 Å². The maximum atomic E-state index is 13.0. The van der Waals surface area contributed by atoms with Gasteiger partial charge in [-0.3, -0.25) is 0 Å². The number of nitrogens with one attached hydrogen (secondary N) is 1. The van der Waals surface area contributed by atoms with Crippen molar-refractivity contribution in [1.82, 2.24) is 0 Å². The maximum Gasteiger partial charge on any atom is 0.149 e. The van der Waals surface area contributed by atoms with Crippen LogP contribution in [-0.2, 0) is 0 Å². The van der Waals surface area contributed by atoms with Gasteiger partial charge in [-0.2, -0.15) is 0 Å². The minimum Gasteiger partial charge on any atom is -0.396 e. The fourth-order valence-corrected chi connectivity index (χ4v) is 1.12. The second-order valence-electron chi connectivity index (χ2n) is 2.95. The molecule has 0 amide bonds. The van der Waals surface area contributed by atoms with E-state index in [-0.39, 0.29) is 12.3 Å². The summed E-state index contributed by atoms with van der Waals surface area (Å²) in [6.07, 6.45) is 1.31.